The summed E-state index contributed by atoms with van der Waals surface area (Å²) in [5.74, 6) is -1.54. The number of amides is 2. The molecule has 1 heterocycles. The van der Waals surface area contributed by atoms with Gasteiger partial charge in [0.25, 0.3) is 0 Å². The molecule has 1 aliphatic rings. The molecular weight excluding hydrogens is 208 g/mol. The molecule has 1 atom stereocenters. The Labute approximate surface area is 82.1 Å². The van der Waals surface area contributed by atoms with Gasteiger partial charge in [-0.3, -0.25) is 14.3 Å². The van der Waals surface area contributed by atoms with Crippen LogP contribution in [0.5, 0.6) is 0 Å². The average Bonchev–Trinajstić information content (AvgIpc) is 2.51. The molecule has 80 valence electrons. The van der Waals surface area contributed by atoms with Crippen LogP contribution < -0.4 is 10.0 Å². The van der Waals surface area contributed by atoms with Gasteiger partial charge in [-0.2, -0.15) is 0 Å². The van der Waals surface area contributed by atoms with E-state index in [1.165, 1.54) is 6.92 Å². The lowest BCUT2D eigenvalue weighted by atomic mass is 10.1. The van der Waals surface area contributed by atoms with Gasteiger partial charge in [-0.25, -0.2) is 8.42 Å². The summed E-state index contributed by atoms with van der Waals surface area (Å²) >= 11 is 0. The molecule has 2 amide bonds. The van der Waals surface area contributed by atoms with Crippen molar-refractivity contribution in [2.45, 2.75) is 13.3 Å². The molecule has 2 N–H and O–H groups in total. The van der Waals surface area contributed by atoms with Gasteiger partial charge < -0.3 is 5.32 Å². The summed E-state index contributed by atoms with van der Waals surface area (Å²) in [5, 5.41) is 2.46. The van der Waals surface area contributed by atoms with E-state index in [4.69, 9.17) is 0 Å². The topological polar surface area (TPSA) is 92.3 Å². The minimum absolute atomic E-state index is 0.0606. The third-order valence-corrected chi connectivity index (χ3v) is 3.26. The highest BCUT2D eigenvalue weighted by Gasteiger charge is 2.29. The van der Waals surface area contributed by atoms with E-state index in [1.807, 2.05) is 4.72 Å². The standard InChI is InChI=1S/C7H12N2O4S/c1-2-14(12,13)9-7(11)5-3-6(10)8-4-5/h5H,2-4H2,1H3,(H,8,10)(H,9,11). The monoisotopic (exact) mass is 220 g/mol. The highest BCUT2D eigenvalue weighted by molar-refractivity contribution is 7.90. The van der Waals surface area contributed by atoms with E-state index in [-0.39, 0.29) is 24.6 Å². The van der Waals surface area contributed by atoms with Crippen molar-refractivity contribution in [2.24, 2.45) is 5.92 Å². The molecule has 0 saturated carbocycles. The van der Waals surface area contributed by atoms with Crippen molar-refractivity contribution in [3.63, 3.8) is 0 Å². The Kier molecular flexibility index (Phi) is 3.10. The molecule has 0 bridgehead atoms. The fourth-order valence-corrected chi connectivity index (χ4v) is 1.72. The summed E-state index contributed by atoms with van der Waals surface area (Å²) < 4.78 is 23.9. The zero-order valence-corrected chi connectivity index (χ0v) is 8.56. The second-order valence-electron chi connectivity index (χ2n) is 3.07. The molecule has 1 rings (SSSR count). The summed E-state index contributed by atoms with van der Waals surface area (Å²) in [6, 6.07) is 0. The highest BCUT2D eigenvalue weighted by atomic mass is 32.2. The van der Waals surface area contributed by atoms with Gasteiger partial charge in [0.15, 0.2) is 0 Å². The van der Waals surface area contributed by atoms with Gasteiger partial charge in [0.05, 0.1) is 11.7 Å². The first-order valence-corrected chi connectivity index (χ1v) is 5.91. The van der Waals surface area contributed by atoms with Gasteiger partial charge in [-0.1, -0.05) is 0 Å². The van der Waals surface area contributed by atoms with Gasteiger partial charge in [0.1, 0.15) is 0 Å². The molecule has 1 saturated heterocycles. The molecule has 0 aliphatic carbocycles. The van der Waals surface area contributed by atoms with Crippen LogP contribution in [-0.2, 0) is 19.6 Å². The first kappa shape index (κ1) is 11.0. The third kappa shape index (κ3) is 2.69. The van der Waals surface area contributed by atoms with Gasteiger partial charge in [0, 0.05) is 13.0 Å². The fourth-order valence-electron chi connectivity index (χ4n) is 1.10. The summed E-state index contributed by atoms with van der Waals surface area (Å²) in [7, 11) is -3.51. The average molecular weight is 220 g/mol. The Morgan fingerprint density at radius 1 is 1.64 bits per heavy atom. The van der Waals surface area contributed by atoms with Crippen LogP contribution in [0.4, 0.5) is 0 Å². The maximum atomic E-state index is 11.3. The van der Waals surface area contributed by atoms with Gasteiger partial charge in [-0.05, 0) is 6.92 Å². The van der Waals surface area contributed by atoms with E-state index in [2.05, 4.69) is 5.32 Å². The molecule has 0 aromatic heterocycles. The molecule has 0 aromatic carbocycles. The van der Waals surface area contributed by atoms with Crippen molar-refractivity contribution in [1.82, 2.24) is 10.0 Å². The second kappa shape index (κ2) is 3.95. The van der Waals surface area contributed by atoms with E-state index in [0.29, 0.717) is 0 Å². The van der Waals surface area contributed by atoms with Crippen molar-refractivity contribution < 1.29 is 18.0 Å². The van der Waals surface area contributed by atoms with E-state index in [9.17, 15) is 18.0 Å². The van der Waals surface area contributed by atoms with Crippen LogP contribution in [0.15, 0.2) is 0 Å². The van der Waals surface area contributed by atoms with Crippen LogP contribution in [0.25, 0.3) is 0 Å². The molecular formula is C7H12N2O4S. The van der Waals surface area contributed by atoms with Crippen molar-refractivity contribution in [2.75, 3.05) is 12.3 Å². The van der Waals surface area contributed by atoms with Crippen LogP contribution in [0.2, 0.25) is 0 Å². The minimum Gasteiger partial charge on any atom is -0.355 e. The Bertz CT molecular complexity index is 349. The molecule has 14 heavy (non-hydrogen) atoms. The first-order chi connectivity index (χ1) is 6.44. The number of rotatable bonds is 3. The summed E-state index contributed by atoms with van der Waals surface area (Å²) in [4.78, 5) is 22.0. The Morgan fingerprint density at radius 3 is 2.71 bits per heavy atom. The highest BCUT2D eigenvalue weighted by Crippen LogP contribution is 2.08. The van der Waals surface area contributed by atoms with Crippen molar-refractivity contribution in [1.29, 1.82) is 0 Å². The number of hydrogen-bond donors (Lipinski definition) is 2. The third-order valence-electron chi connectivity index (χ3n) is 1.98. The number of nitrogens with one attached hydrogen (secondary N) is 2. The van der Waals surface area contributed by atoms with E-state index in [0.717, 1.165) is 0 Å². The van der Waals surface area contributed by atoms with Gasteiger partial charge in [-0.15, -0.1) is 0 Å². The zero-order valence-electron chi connectivity index (χ0n) is 7.74. The van der Waals surface area contributed by atoms with Crippen molar-refractivity contribution in [3.05, 3.63) is 0 Å². The molecule has 0 radical (unpaired) electrons. The zero-order chi connectivity index (χ0) is 10.8. The Morgan fingerprint density at radius 2 is 2.29 bits per heavy atom. The summed E-state index contributed by atoms with van der Waals surface area (Å²) in [6.07, 6.45) is 0.0606. The lowest BCUT2D eigenvalue weighted by Crippen LogP contribution is -2.37. The number of hydrogen-bond acceptors (Lipinski definition) is 4. The lowest BCUT2D eigenvalue weighted by molar-refractivity contribution is -0.125. The largest absolute Gasteiger partial charge is 0.355 e. The fraction of sp³-hybridized carbons (Fsp3) is 0.714. The SMILES string of the molecule is CCS(=O)(=O)NC(=O)C1CNC(=O)C1. The smallest absolute Gasteiger partial charge is 0.238 e. The molecule has 0 spiro atoms. The normalized spacial score (nSPS) is 21.8. The summed E-state index contributed by atoms with van der Waals surface area (Å²) in [5.41, 5.74) is 0. The van der Waals surface area contributed by atoms with Gasteiger partial charge in [0.2, 0.25) is 21.8 Å². The quantitative estimate of drug-likeness (QED) is 0.611. The number of carbonyl (C=O) groups excluding carboxylic acids is 2. The van der Waals surface area contributed by atoms with Gasteiger partial charge >= 0.3 is 0 Å². The predicted molar refractivity (Wildman–Crippen MR) is 48.7 cm³/mol. The second-order valence-corrected chi connectivity index (χ2v) is 5.09. The van der Waals surface area contributed by atoms with E-state index in [1.54, 1.807) is 0 Å². The molecule has 0 aromatic rings. The summed E-state index contributed by atoms with van der Waals surface area (Å²) in [6.45, 7) is 1.65. The number of sulfonamides is 1. The van der Waals surface area contributed by atoms with E-state index < -0.39 is 21.8 Å². The Hall–Kier alpha value is -1.11. The van der Waals surface area contributed by atoms with Crippen LogP contribution in [0.1, 0.15) is 13.3 Å². The molecule has 1 unspecified atom stereocenters. The lowest BCUT2D eigenvalue weighted by Gasteiger charge is -2.07. The Balaban J connectivity index is 2.55. The molecule has 7 heteroatoms. The minimum atomic E-state index is -3.51. The molecule has 1 fully saturated rings. The number of carbonyl (C=O) groups is 2. The molecule has 1 aliphatic heterocycles. The molecule has 6 nitrogen and oxygen atoms in total. The van der Waals surface area contributed by atoms with Crippen LogP contribution in [0.3, 0.4) is 0 Å². The van der Waals surface area contributed by atoms with Crippen LogP contribution in [-0.4, -0.2) is 32.5 Å². The van der Waals surface area contributed by atoms with Crippen molar-refractivity contribution in [3.8, 4) is 0 Å². The van der Waals surface area contributed by atoms with Crippen molar-refractivity contribution >= 4 is 21.8 Å². The first-order valence-electron chi connectivity index (χ1n) is 4.25. The maximum Gasteiger partial charge on any atom is 0.238 e. The van der Waals surface area contributed by atoms with Crippen LogP contribution in [0, 0.1) is 5.92 Å². The van der Waals surface area contributed by atoms with Crippen LogP contribution >= 0.6 is 0 Å². The van der Waals surface area contributed by atoms with E-state index >= 15 is 0 Å². The maximum absolute atomic E-state index is 11.3. The predicted octanol–water partition coefficient (Wildman–Crippen LogP) is -1.41.